The maximum atomic E-state index is 12.8. The van der Waals surface area contributed by atoms with Gasteiger partial charge in [-0.3, -0.25) is 4.79 Å². The van der Waals surface area contributed by atoms with Gasteiger partial charge >= 0.3 is 0 Å². The summed E-state index contributed by atoms with van der Waals surface area (Å²) in [7, 11) is 0. The summed E-state index contributed by atoms with van der Waals surface area (Å²) in [4.78, 5) is 13.2. The van der Waals surface area contributed by atoms with Crippen molar-refractivity contribution in [3.05, 3.63) is 65.5 Å². The third kappa shape index (κ3) is 6.06. The molecule has 122 valence electrons. The molecule has 0 saturated carbocycles. The monoisotopic (exact) mass is 331 g/mol. The van der Waals surface area contributed by atoms with E-state index in [0.717, 1.165) is 23.3 Å². The minimum Gasteiger partial charge on any atom is -0.355 e. The molecule has 1 amide bonds. The molecule has 2 aromatic carbocycles. The fraction of sp³-hybridized carbons (Fsp3) is 0.316. The van der Waals surface area contributed by atoms with Crippen molar-refractivity contribution in [2.45, 2.75) is 36.8 Å². The van der Waals surface area contributed by atoms with Crippen LogP contribution in [0.3, 0.4) is 0 Å². The fourth-order valence-corrected chi connectivity index (χ4v) is 3.07. The third-order valence-corrected chi connectivity index (χ3v) is 4.67. The zero-order valence-electron chi connectivity index (χ0n) is 13.5. The number of benzene rings is 2. The lowest BCUT2D eigenvalue weighted by Gasteiger charge is -2.12. The van der Waals surface area contributed by atoms with E-state index in [0.29, 0.717) is 6.54 Å². The smallest absolute Gasteiger partial charge is 0.233 e. The first-order valence-corrected chi connectivity index (χ1v) is 8.68. The largest absolute Gasteiger partial charge is 0.355 e. The third-order valence-electron chi connectivity index (χ3n) is 3.56. The fourth-order valence-electron chi connectivity index (χ4n) is 2.17. The molecular weight excluding hydrogens is 309 g/mol. The summed E-state index contributed by atoms with van der Waals surface area (Å²) in [6.45, 7) is 4.60. The van der Waals surface area contributed by atoms with Crippen molar-refractivity contribution >= 4 is 17.7 Å². The zero-order valence-corrected chi connectivity index (χ0v) is 14.3. The Labute approximate surface area is 141 Å². The molecule has 0 aliphatic heterocycles. The summed E-state index contributed by atoms with van der Waals surface area (Å²) in [6.07, 6.45) is 1.68. The van der Waals surface area contributed by atoms with E-state index in [9.17, 15) is 9.18 Å². The molecular formula is C19H22FNOS. The molecule has 0 bridgehead atoms. The van der Waals surface area contributed by atoms with E-state index in [2.05, 4.69) is 17.4 Å². The molecule has 0 spiro atoms. The molecule has 0 aliphatic rings. The summed E-state index contributed by atoms with van der Waals surface area (Å²) >= 11 is 1.56. The highest BCUT2D eigenvalue weighted by atomic mass is 32.2. The second-order valence-corrected chi connectivity index (χ2v) is 7.01. The Bertz CT molecular complexity index is 625. The average molecular weight is 331 g/mol. The van der Waals surface area contributed by atoms with Crippen LogP contribution in [0.2, 0.25) is 0 Å². The van der Waals surface area contributed by atoms with E-state index in [1.165, 1.54) is 17.7 Å². The van der Waals surface area contributed by atoms with E-state index in [1.807, 2.05) is 26.0 Å². The Morgan fingerprint density at radius 2 is 1.78 bits per heavy atom. The summed E-state index contributed by atoms with van der Waals surface area (Å²) in [5.41, 5.74) is 2.30. The van der Waals surface area contributed by atoms with E-state index in [-0.39, 0.29) is 17.0 Å². The van der Waals surface area contributed by atoms with Gasteiger partial charge in [-0.15, -0.1) is 11.8 Å². The van der Waals surface area contributed by atoms with Gasteiger partial charge in [-0.2, -0.15) is 0 Å². The second kappa shape index (κ2) is 8.73. The summed E-state index contributed by atoms with van der Waals surface area (Å²) in [6, 6.07) is 14.7. The van der Waals surface area contributed by atoms with Crippen molar-refractivity contribution in [1.82, 2.24) is 5.32 Å². The number of nitrogens with one attached hydrogen (secondary N) is 1. The van der Waals surface area contributed by atoms with Gasteiger partial charge in [-0.1, -0.05) is 29.8 Å². The van der Waals surface area contributed by atoms with Crippen LogP contribution in [-0.2, 0) is 11.2 Å². The van der Waals surface area contributed by atoms with Crippen LogP contribution in [0.25, 0.3) is 0 Å². The molecule has 0 saturated heterocycles. The Morgan fingerprint density at radius 1 is 1.13 bits per heavy atom. The number of halogens is 1. The Kier molecular flexibility index (Phi) is 6.66. The van der Waals surface area contributed by atoms with Gasteiger partial charge in [0.05, 0.1) is 5.25 Å². The van der Waals surface area contributed by atoms with Crippen LogP contribution in [0.1, 0.15) is 24.5 Å². The van der Waals surface area contributed by atoms with Gasteiger partial charge in [0.25, 0.3) is 0 Å². The number of rotatable bonds is 7. The van der Waals surface area contributed by atoms with Crippen LogP contribution in [0, 0.1) is 12.7 Å². The lowest BCUT2D eigenvalue weighted by Crippen LogP contribution is -2.31. The van der Waals surface area contributed by atoms with Crippen LogP contribution in [-0.4, -0.2) is 17.7 Å². The lowest BCUT2D eigenvalue weighted by molar-refractivity contribution is -0.120. The summed E-state index contributed by atoms with van der Waals surface area (Å²) in [5.74, 6) is -0.168. The van der Waals surface area contributed by atoms with Gasteiger partial charge in [-0.05, 0) is 56.5 Å². The number of aryl methyl sites for hydroxylation is 2. The Balaban J connectivity index is 1.69. The molecule has 4 heteroatoms. The van der Waals surface area contributed by atoms with Gasteiger partial charge in [-0.25, -0.2) is 4.39 Å². The minimum atomic E-state index is -0.219. The Morgan fingerprint density at radius 3 is 2.43 bits per heavy atom. The molecule has 1 N–H and O–H groups in total. The quantitative estimate of drug-likeness (QED) is 0.603. The van der Waals surface area contributed by atoms with E-state index in [4.69, 9.17) is 0 Å². The van der Waals surface area contributed by atoms with Crippen LogP contribution >= 0.6 is 11.8 Å². The number of thioether (sulfide) groups is 1. The van der Waals surface area contributed by atoms with Gasteiger partial charge < -0.3 is 5.32 Å². The number of carbonyl (C=O) groups excluding carboxylic acids is 1. The van der Waals surface area contributed by atoms with Crippen molar-refractivity contribution < 1.29 is 9.18 Å². The lowest BCUT2D eigenvalue weighted by atomic mass is 10.1. The first kappa shape index (κ1) is 17.5. The standard InChI is InChI=1S/C19H22FNOS/c1-14-5-11-18(12-6-14)23-15(2)19(22)21-13-3-4-16-7-9-17(20)10-8-16/h5-12,15H,3-4,13H2,1-2H3,(H,21,22)/t15-/m0/s1. The predicted molar refractivity (Wildman–Crippen MR) is 94.2 cm³/mol. The van der Waals surface area contributed by atoms with Gasteiger partial charge in [0.1, 0.15) is 5.82 Å². The number of carbonyl (C=O) groups is 1. The Hall–Kier alpha value is -1.81. The second-order valence-electron chi connectivity index (χ2n) is 5.59. The highest BCUT2D eigenvalue weighted by Crippen LogP contribution is 2.23. The number of hydrogen-bond donors (Lipinski definition) is 1. The van der Waals surface area contributed by atoms with E-state index in [1.54, 1.807) is 23.9 Å². The van der Waals surface area contributed by atoms with Crippen molar-refractivity contribution in [3.8, 4) is 0 Å². The SMILES string of the molecule is Cc1ccc(S[C@@H](C)C(=O)NCCCc2ccc(F)cc2)cc1. The predicted octanol–water partition coefficient (Wildman–Crippen LogP) is 4.36. The average Bonchev–Trinajstić information content (AvgIpc) is 2.55. The maximum absolute atomic E-state index is 12.8. The first-order valence-electron chi connectivity index (χ1n) is 7.80. The number of hydrogen-bond acceptors (Lipinski definition) is 2. The molecule has 0 aromatic heterocycles. The summed E-state index contributed by atoms with van der Waals surface area (Å²) in [5, 5.41) is 2.84. The molecule has 1 atom stereocenters. The zero-order chi connectivity index (χ0) is 16.7. The topological polar surface area (TPSA) is 29.1 Å². The molecule has 0 aliphatic carbocycles. The van der Waals surface area contributed by atoms with E-state index >= 15 is 0 Å². The highest BCUT2D eigenvalue weighted by molar-refractivity contribution is 8.00. The van der Waals surface area contributed by atoms with Gasteiger partial charge in [0.15, 0.2) is 0 Å². The van der Waals surface area contributed by atoms with Crippen LogP contribution < -0.4 is 5.32 Å². The van der Waals surface area contributed by atoms with Crippen molar-refractivity contribution in [2.75, 3.05) is 6.54 Å². The van der Waals surface area contributed by atoms with Crippen molar-refractivity contribution in [3.63, 3.8) is 0 Å². The molecule has 2 nitrogen and oxygen atoms in total. The van der Waals surface area contributed by atoms with Crippen LogP contribution in [0.5, 0.6) is 0 Å². The van der Waals surface area contributed by atoms with E-state index < -0.39 is 0 Å². The molecule has 2 aromatic rings. The first-order chi connectivity index (χ1) is 11.0. The molecule has 0 radical (unpaired) electrons. The minimum absolute atomic E-state index is 0.0506. The normalized spacial score (nSPS) is 12.0. The van der Waals surface area contributed by atoms with Gasteiger partial charge in [0.2, 0.25) is 5.91 Å². The molecule has 0 fully saturated rings. The highest BCUT2D eigenvalue weighted by Gasteiger charge is 2.13. The maximum Gasteiger partial charge on any atom is 0.233 e. The van der Waals surface area contributed by atoms with Gasteiger partial charge in [0, 0.05) is 11.4 Å². The van der Waals surface area contributed by atoms with Crippen LogP contribution in [0.15, 0.2) is 53.4 Å². The molecule has 0 unspecified atom stereocenters. The van der Waals surface area contributed by atoms with Crippen molar-refractivity contribution in [1.29, 1.82) is 0 Å². The molecule has 2 rings (SSSR count). The molecule has 0 heterocycles. The number of amides is 1. The van der Waals surface area contributed by atoms with Crippen LogP contribution in [0.4, 0.5) is 4.39 Å². The summed E-state index contributed by atoms with van der Waals surface area (Å²) < 4.78 is 12.8. The molecule has 23 heavy (non-hydrogen) atoms. The van der Waals surface area contributed by atoms with Crippen molar-refractivity contribution in [2.24, 2.45) is 0 Å².